The first-order valence-corrected chi connectivity index (χ1v) is 10.0. The van der Waals surface area contributed by atoms with Crippen molar-refractivity contribution in [1.29, 1.82) is 10.5 Å². The van der Waals surface area contributed by atoms with Crippen molar-refractivity contribution >= 4 is 34.5 Å². The molecule has 160 valence electrons. The lowest BCUT2D eigenvalue weighted by Gasteiger charge is -2.12. The van der Waals surface area contributed by atoms with E-state index in [2.05, 4.69) is 10.1 Å². The summed E-state index contributed by atoms with van der Waals surface area (Å²) in [5.41, 5.74) is 7.31. The molecule has 0 aliphatic heterocycles. The number of rotatable bonds is 3. The van der Waals surface area contributed by atoms with E-state index >= 15 is 0 Å². The number of fused-ring (bicyclic) bond motifs is 1. The number of nitriles is 2. The molecule has 2 aromatic heterocycles. The van der Waals surface area contributed by atoms with Gasteiger partial charge in [-0.05, 0) is 36.2 Å². The van der Waals surface area contributed by atoms with Gasteiger partial charge in [0.25, 0.3) is 5.56 Å². The standard InChI is InChI=1S/C24H15ClN6O2/c1-13-4-2-6-15-8-16(22(25)30-21(13)15)12-29-31-23(28)18(10-26)20(19(11-27)24(31)33)14-5-3-7-17(32)9-14/h2-9,12,32H,28H2,1H3/b29-12+. The van der Waals surface area contributed by atoms with E-state index in [1.54, 1.807) is 12.1 Å². The number of benzene rings is 2. The largest absolute Gasteiger partial charge is 0.508 e. The Morgan fingerprint density at radius 3 is 2.58 bits per heavy atom. The SMILES string of the molecule is Cc1cccc2cc(/C=N/n3c(N)c(C#N)c(-c4cccc(O)c4)c(C#N)c3=O)c(Cl)nc12. The van der Waals surface area contributed by atoms with E-state index in [1.165, 1.54) is 24.4 Å². The molecule has 0 radical (unpaired) electrons. The Morgan fingerprint density at radius 2 is 1.88 bits per heavy atom. The number of phenols is 1. The van der Waals surface area contributed by atoms with E-state index in [4.69, 9.17) is 17.3 Å². The van der Waals surface area contributed by atoms with Gasteiger partial charge in [-0.2, -0.15) is 20.3 Å². The summed E-state index contributed by atoms with van der Waals surface area (Å²) in [4.78, 5) is 17.4. The van der Waals surface area contributed by atoms with E-state index in [0.717, 1.165) is 21.1 Å². The lowest BCUT2D eigenvalue weighted by Crippen LogP contribution is -2.25. The van der Waals surface area contributed by atoms with Crippen LogP contribution in [0.2, 0.25) is 5.15 Å². The number of pyridine rings is 2. The molecule has 9 heteroatoms. The van der Waals surface area contributed by atoms with Crippen LogP contribution in [0.5, 0.6) is 5.75 Å². The highest BCUT2D eigenvalue weighted by Gasteiger charge is 2.22. The van der Waals surface area contributed by atoms with Crippen LogP contribution in [0.4, 0.5) is 5.82 Å². The predicted octanol–water partition coefficient (Wildman–Crippen LogP) is 3.94. The molecular weight excluding hydrogens is 440 g/mol. The van der Waals surface area contributed by atoms with Gasteiger partial charge in [0.1, 0.15) is 40.0 Å². The van der Waals surface area contributed by atoms with E-state index in [-0.39, 0.29) is 33.4 Å². The molecule has 0 atom stereocenters. The number of nitrogen functional groups attached to an aromatic ring is 1. The Labute approximate surface area is 193 Å². The molecule has 0 unspecified atom stereocenters. The quantitative estimate of drug-likeness (QED) is 0.354. The molecule has 2 aromatic carbocycles. The Kier molecular flexibility index (Phi) is 5.53. The van der Waals surface area contributed by atoms with E-state index in [9.17, 15) is 20.4 Å². The molecule has 2 heterocycles. The number of aromatic nitrogens is 2. The molecule has 0 fully saturated rings. The van der Waals surface area contributed by atoms with Crippen LogP contribution >= 0.6 is 11.6 Å². The zero-order chi connectivity index (χ0) is 23.7. The minimum absolute atomic E-state index is 0.0331. The summed E-state index contributed by atoms with van der Waals surface area (Å²) in [5, 5.41) is 34.3. The van der Waals surface area contributed by atoms with Crippen molar-refractivity contribution in [2.24, 2.45) is 5.10 Å². The third-order valence-corrected chi connectivity index (χ3v) is 5.39. The first-order chi connectivity index (χ1) is 15.8. The number of nitrogens with two attached hydrogens (primary N) is 1. The summed E-state index contributed by atoms with van der Waals surface area (Å²) in [5.74, 6) is -0.341. The molecular formula is C24H15ClN6O2. The van der Waals surface area contributed by atoms with Gasteiger partial charge in [-0.15, -0.1) is 0 Å². The van der Waals surface area contributed by atoms with Gasteiger partial charge in [-0.3, -0.25) is 4.79 Å². The molecule has 0 amide bonds. The Hall–Kier alpha value is -4.66. The van der Waals surface area contributed by atoms with E-state index < -0.39 is 5.56 Å². The van der Waals surface area contributed by atoms with Crippen molar-refractivity contribution in [3.8, 4) is 29.0 Å². The molecule has 0 aliphatic rings. The number of anilines is 1. The van der Waals surface area contributed by atoms with E-state index in [1.807, 2.05) is 37.3 Å². The monoisotopic (exact) mass is 454 g/mol. The number of para-hydroxylation sites is 1. The highest BCUT2D eigenvalue weighted by atomic mass is 35.5. The van der Waals surface area contributed by atoms with Gasteiger partial charge in [0.15, 0.2) is 0 Å². The molecule has 0 bridgehead atoms. The van der Waals surface area contributed by atoms with Crippen LogP contribution in [0.1, 0.15) is 22.3 Å². The number of aryl methyl sites for hydroxylation is 1. The second-order valence-electron chi connectivity index (χ2n) is 7.16. The molecule has 8 nitrogen and oxygen atoms in total. The summed E-state index contributed by atoms with van der Waals surface area (Å²) in [6.07, 6.45) is 1.30. The first kappa shape index (κ1) is 21.6. The van der Waals surface area contributed by atoms with Crippen LogP contribution in [-0.4, -0.2) is 21.0 Å². The number of halogens is 1. The van der Waals surface area contributed by atoms with Gasteiger partial charge < -0.3 is 10.8 Å². The van der Waals surface area contributed by atoms with Crippen molar-refractivity contribution in [3.05, 3.63) is 86.3 Å². The lowest BCUT2D eigenvalue weighted by molar-refractivity contribution is 0.475. The normalized spacial score (nSPS) is 10.9. The number of phenolic OH excluding ortho intramolecular Hbond substituents is 1. The van der Waals surface area contributed by atoms with Gasteiger partial charge in [-0.1, -0.05) is 41.9 Å². The van der Waals surface area contributed by atoms with E-state index in [0.29, 0.717) is 11.1 Å². The average molecular weight is 455 g/mol. The number of hydrogen-bond acceptors (Lipinski definition) is 7. The van der Waals surface area contributed by atoms with Gasteiger partial charge in [-0.25, -0.2) is 4.98 Å². The minimum Gasteiger partial charge on any atom is -0.508 e. The van der Waals surface area contributed by atoms with Gasteiger partial charge in [0.05, 0.1) is 11.7 Å². The summed E-state index contributed by atoms with van der Waals surface area (Å²) >= 11 is 6.31. The van der Waals surface area contributed by atoms with Crippen molar-refractivity contribution in [2.45, 2.75) is 6.92 Å². The summed E-state index contributed by atoms with van der Waals surface area (Å²) in [6.45, 7) is 1.92. The minimum atomic E-state index is -0.815. The molecule has 0 saturated carbocycles. The highest BCUT2D eigenvalue weighted by molar-refractivity contribution is 6.32. The predicted molar refractivity (Wildman–Crippen MR) is 126 cm³/mol. The van der Waals surface area contributed by atoms with Crippen LogP contribution < -0.4 is 11.3 Å². The van der Waals surface area contributed by atoms with Crippen LogP contribution in [-0.2, 0) is 0 Å². The van der Waals surface area contributed by atoms with Crippen LogP contribution in [0, 0.1) is 29.6 Å². The number of nitrogens with zero attached hydrogens (tertiary/aromatic N) is 5. The molecule has 0 aliphatic carbocycles. The molecule has 4 aromatic rings. The Morgan fingerprint density at radius 1 is 1.15 bits per heavy atom. The number of aromatic hydroxyl groups is 1. The highest BCUT2D eigenvalue weighted by Crippen LogP contribution is 2.31. The smallest absolute Gasteiger partial charge is 0.291 e. The second kappa shape index (κ2) is 8.46. The topological polar surface area (TPSA) is 141 Å². The van der Waals surface area contributed by atoms with Gasteiger partial charge in [0.2, 0.25) is 0 Å². The summed E-state index contributed by atoms with van der Waals surface area (Å²) in [6, 6.07) is 17.1. The summed E-state index contributed by atoms with van der Waals surface area (Å²) < 4.78 is 0.778. The van der Waals surface area contributed by atoms with Crippen molar-refractivity contribution < 1.29 is 5.11 Å². The molecule has 0 saturated heterocycles. The van der Waals surface area contributed by atoms with Crippen LogP contribution in [0.3, 0.4) is 0 Å². The molecule has 4 rings (SSSR count). The van der Waals surface area contributed by atoms with Gasteiger partial charge >= 0.3 is 0 Å². The zero-order valence-corrected chi connectivity index (χ0v) is 18.0. The van der Waals surface area contributed by atoms with Crippen molar-refractivity contribution in [2.75, 3.05) is 5.73 Å². The Balaban J connectivity index is 1.92. The lowest BCUT2D eigenvalue weighted by atomic mass is 9.96. The van der Waals surface area contributed by atoms with Crippen LogP contribution in [0.15, 0.2) is 58.4 Å². The maximum atomic E-state index is 13.1. The maximum absolute atomic E-state index is 13.1. The fourth-order valence-corrected chi connectivity index (χ4v) is 3.70. The Bertz CT molecular complexity index is 1610. The molecule has 3 N–H and O–H groups in total. The summed E-state index contributed by atoms with van der Waals surface area (Å²) in [7, 11) is 0. The second-order valence-corrected chi connectivity index (χ2v) is 7.52. The zero-order valence-electron chi connectivity index (χ0n) is 17.2. The van der Waals surface area contributed by atoms with Crippen LogP contribution in [0.25, 0.3) is 22.0 Å². The molecule has 0 spiro atoms. The number of hydrogen-bond donors (Lipinski definition) is 2. The fourth-order valence-electron chi connectivity index (χ4n) is 3.51. The average Bonchev–Trinajstić information content (AvgIpc) is 2.79. The third-order valence-electron chi connectivity index (χ3n) is 5.09. The van der Waals surface area contributed by atoms with Crippen molar-refractivity contribution in [3.63, 3.8) is 0 Å². The third kappa shape index (κ3) is 3.76. The van der Waals surface area contributed by atoms with Crippen molar-refractivity contribution in [1.82, 2.24) is 9.66 Å². The first-order valence-electron chi connectivity index (χ1n) is 9.64. The molecule has 33 heavy (non-hydrogen) atoms. The maximum Gasteiger partial charge on any atom is 0.291 e. The fraction of sp³-hybridized carbons (Fsp3) is 0.0417. The van der Waals surface area contributed by atoms with Gasteiger partial charge in [0, 0.05) is 16.5 Å².